The number of carbonyl (C=O) groups excluding carboxylic acids is 1. The van der Waals surface area contributed by atoms with Gasteiger partial charge >= 0.3 is 0 Å². The van der Waals surface area contributed by atoms with Crippen LogP contribution < -0.4 is 10.9 Å². The molecule has 0 saturated heterocycles. The van der Waals surface area contributed by atoms with E-state index in [1.165, 1.54) is 23.1 Å². The number of pyridine rings is 2. The van der Waals surface area contributed by atoms with Crippen LogP contribution in [0.3, 0.4) is 0 Å². The zero-order chi connectivity index (χ0) is 22.2. The van der Waals surface area contributed by atoms with E-state index in [0.29, 0.717) is 27.1 Å². The minimum atomic E-state index is -0.486. The van der Waals surface area contributed by atoms with Crippen LogP contribution in [-0.2, 0) is 11.3 Å². The molecule has 0 unspecified atom stereocenters. The second kappa shape index (κ2) is 8.42. The van der Waals surface area contributed by atoms with Gasteiger partial charge in [0.15, 0.2) is 0 Å². The number of aromatic nitrogens is 5. The molecular formula is C22H20BrFN6O2. The van der Waals surface area contributed by atoms with Gasteiger partial charge in [0.25, 0.3) is 5.56 Å². The number of amides is 1. The molecule has 0 radical (unpaired) electrons. The number of carbonyl (C=O) groups is 1. The van der Waals surface area contributed by atoms with Crippen molar-refractivity contribution in [3.63, 3.8) is 0 Å². The molecule has 5 rings (SSSR count). The first kappa shape index (κ1) is 20.7. The summed E-state index contributed by atoms with van der Waals surface area (Å²) in [5.41, 5.74) is 1.50. The van der Waals surface area contributed by atoms with Crippen molar-refractivity contribution in [3.8, 4) is 0 Å². The molecule has 4 aromatic heterocycles. The van der Waals surface area contributed by atoms with Gasteiger partial charge < -0.3 is 9.88 Å². The maximum absolute atomic E-state index is 13.2. The number of nitrogens with one attached hydrogen (secondary N) is 1. The van der Waals surface area contributed by atoms with Crippen LogP contribution in [0, 0.1) is 5.82 Å². The summed E-state index contributed by atoms with van der Waals surface area (Å²) in [6.45, 7) is -0.107. The molecule has 4 aromatic rings. The van der Waals surface area contributed by atoms with Crippen molar-refractivity contribution in [2.24, 2.45) is 0 Å². The Kier molecular flexibility index (Phi) is 5.46. The number of rotatable bonds is 4. The van der Waals surface area contributed by atoms with Gasteiger partial charge in [-0.05, 0) is 47.0 Å². The summed E-state index contributed by atoms with van der Waals surface area (Å²) in [7, 11) is 0. The van der Waals surface area contributed by atoms with E-state index < -0.39 is 5.82 Å². The second-order valence-corrected chi connectivity index (χ2v) is 8.92. The lowest BCUT2D eigenvalue weighted by atomic mass is 9.87. The standard InChI is InChI=1S/C22H20BrFN6O2/c23-14-8-16-21(26-10-14)29(12-19(31)27-18-7-6-15(24)11-25-18)20-9-17(28-30(20)22(16)32)13-4-2-1-3-5-13/h6-11,13H,1-5,12H2,(H,25,27,31). The van der Waals surface area contributed by atoms with Crippen LogP contribution in [0.2, 0.25) is 0 Å². The molecule has 1 aliphatic rings. The molecule has 8 nitrogen and oxygen atoms in total. The highest BCUT2D eigenvalue weighted by molar-refractivity contribution is 9.10. The molecule has 32 heavy (non-hydrogen) atoms. The highest BCUT2D eigenvalue weighted by Gasteiger charge is 2.22. The van der Waals surface area contributed by atoms with Crippen molar-refractivity contribution in [3.05, 3.63) is 63.0 Å². The molecule has 1 aliphatic carbocycles. The molecule has 0 aromatic carbocycles. The highest BCUT2D eigenvalue weighted by atomic mass is 79.9. The Morgan fingerprint density at radius 2 is 1.97 bits per heavy atom. The normalized spacial score (nSPS) is 14.8. The minimum Gasteiger partial charge on any atom is -0.309 e. The number of hydrogen-bond acceptors (Lipinski definition) is 5. The summed E-state index contributed by atoms with van der Waals surface area (Å²) in [5.74, 6) is -0.317. The summed E-state index contributed by atoms with van der Waals surface area (Å²) in [4.78, 5) is 34.3. The maximum Gasteiger partial charge on any atom is 0.283 e. The molecule has 1 saturated carbocycles. The lowest BCUT2D eigenvalue weighted by molar-refractivity contribution is -0.116. The van der Waals surface area contributed by atoms with E-state index in [1.807, 2.05) is 6.07 Å². The fourth-order valence-corrected chi connectivity index (χ4v) is 4.62. The average Bonchev–Trinajstić information content (AvgIpc) is 3.25. The monoisotopic (exact) mass is 498 g/mol. The van der Waals surface area contributed by atoms with Crippen LogP contribution in [0.5, 0.6) is 0 Å². The minimum absolute atomic E-state index is 0.107. The summed E-state index contributed by atoms with van der Waals surface area (Å²) in [6.07, 6.45) is 8.21. The van der Waals surface area contributed by atoms with E-state index >= 15 is 0 Å². The largest absolute Gasteiger partial charge is 0.309 e. The topological polar surface area (TPSA) is 94.2 Å². The summed E-state index contributed by atoms with van der Waals surface area (Å²) in [5, 5.41) is 7.65. The Morgan fingerprint density at radius 3 is 2.72 bits per heavy atom. The first-order valence-corrected chi connectivity index (χ1v) is 11.3. The van der Waals surface area contributed by atoms with Crippen molar-refractivity contribution < 1.29 is 9.18 Å². The van der Waals surface area contributed by atoms with Crippen LogP contribution in [0.1, 0.15) is 43.7 Å². The van der Waals surface area contributed by atoms with Crippen LogP contribution in [0.4, 0.5) is 10.2 Å². The Bertz CT molecular complexity index is 1380. The first-order chi connectivity index (χ1) is 15.5. The fourth-order valence-electron chi connectivity index (χ4n) is 4.29. The van der Waals surface area contributed by atoms with E-state index in [4.69, 9.17) is 0 Å². The third-order valence-electron chi connectivity index (χ3n) is 5.82. The quantitative estimate of drug-likeness (QED) is 0.458. The third kappa shape index (κ3) is 3.90. The van der Waals surface area contributed by atoms with Crippen molar-refractivity contribution in [2.75, 3.05) is 5.32 Å². The molecule has 4 heterocycles. The molecule has 1 amide bonds. The van der Waals surface area contributed by atoms with Gasteiger partial charge in [0.05, 0.1) is 17.3 Å². The third-order valence-corrected chi connectivity index (χ3v) is 6.25. The second-order valence-electron chi connectivity index (χ2n) is 8.00. The van der Waals surface area contributed by atoms with Crippen molar-refractivity contribution in [1.29, 1.82) is 0 Å². The van der Waals surface area contributed by atoms with Gasteiger partial charge in [-0.3, -0.25) is 9.59 Å². The predicted octanol–water partition coefficient (Wildman–Crippen LogP) is 4.03. The Morgan fingerprint density at radius 1 is 1.16 bits per heavy atom. The number of anilines is 1. The van der Waals surface area contributed by atoms with Gasteiger partial charge in [0, 0.05) is 22.7 Å². The number of halogens is 2. The van der Waals surface area contributed by atoms with Gasteiger partial charge in [-0.25, -0.2) is 14.4 Å². The molecule has 164 valence electrons. The van der Waals surface area contributed by atoms with Crippen LogP contribution >= 0.6 is 15.9 Å². The fraction of sp³-hybridized carbons (Fsp3) is 0.318. The SMILES string of the molecule is O=C(Cn1c2ncc(Br)cc2c(=O)n2nc(C3CCCCC3)cc12)Nc1ccc(F)cn1. The van der Waals surface area contributed by atoms with Gasteiger partial charge in [-0.2, -0.15) is 9.61 Å². The number of fused-ring (bicyclic) bond motifs is 2. The first-order valence-electron chi connectivity index (χ1n) is 10.5. The lowest BCUT2D eigenvalue weighted by Gasteiger charge is -2.18. The number of nitrogens with zero attached hydrogens (tertiary/aromatic N) is 5. The average molecular weight is 499 g/mol. The summed E-state index contributed by atoms with van der Waals surface area (Å²) >= 11 is 3.37. The predicted molar refractivity (Wildman–Crippen MR) is 121 cm³/mol. The van der Waals surface area contributed by atoms with E-state index in [-0.39, 0.29) is 23.8 Å². The van der Waals surface area contributed by atoms with Crippen molar-refractivity contribution >= 4 is 44.3 Å². The van der Waals surface area contributed by atoms with Crippen LogP contribution in [0.15, 0.2) is 45.9 Å². The lowest BCUT2D eigenvalue weighted by Crippen LogP contribution is -2.25. The molecular weight excluding hydrogens is 479 g/mol. The van der Waals surface area contributed by atoms with E-state index in [0.717, 1.165) is 37.6 Å². The Hall–Kier alpha value is -3.14. The van der Waals surface area contributed by atoms with Crippen molar-refractivity contribution in [1.82, 2.24) is 24.1 Å². The molecule has 10 heteroatoms. The number of hydrogen-bond donors (Lipinski definition) is 1. The van der Waals surface area contributed by atoms with E-state index in [2.05, 4.69) is 36.3 Å². The van der Waals surface area contributed by atoms with Gasteiger partial charge in [-0.15, -0.1) is 0 Å². The maximum atomic E-state index is 13.2. The zero-order valence-electron chi connectivity index (χ0n) is 17.1. The van der Waals surface area contributed by atoms with Gasteiger partial charge in [-0.1, -0.05) is 19.3 Å². The Balaban J connectivity index is 1.60. The summed E-state index contributed by atoms with van der Waals surface area (Å²) < 4.78 is 16.8. The molecule has 0 atom stereocenters. The molecule has 0 spiro atoms. The van der Waals surface area contributed by atoms with Gasteiger partial charge in [0.2, 0.25) is 5.91 Å². The van der Waals surface area contributed by atoms with Crippen molar-refractivity contribution in [2.45, 2.75) is 44.6 Å². The zero-order valence-corrected chi connectivity index (χ0v) is 18.7. The molecule has 0 aliphatic heterocycles. The molecule has 1 fully saturated rings. The summed E-state index contributed by atoms with van der Waals surface area (Å²) in [6, 6.07) is 6.19. The van der Waals surface area contributed by atoms with E-state index in [9.17, 15) is 14.0 Å². The molecule has 0 bridgehead atoms. The highest BCUT2D eigenvalue weighted by Crippen LogP contribution is 2.32. The van der Waals surface area contributed by atoms with Gasteiger partial charge in [0.1, 0.15) is 29.5 Å². The van der Waals surface area contributed by atoms with Crippen LogP contribution in [-0.4, -0.2) is 30.1 Å². The van der Waals surface area contributed by atoms with Crippen LogP contribution in [0.25, 0.3) is 16.7 Å². The molecule has 1 N–H and O–H groups in total. The Labute approximate surface area is 190 Å². The smallest absolute Gasteiger partial charge is 0.283 e. The van der Waals surface area contributed by atoms with E-state index in [1.54, 1.807) is 16.8 Å².